The molecule has 0 atom stereocenters. The van der Waals surface area contributed by atoms with Crippen molar-refractivity contribution in [3.05, 3.63) is 59.4 Å². The van der Waals surface area contributed by atoms with Crippen molar-refractivity contribution in [3.63, 3.8) is 0 Å². The molecule has 1 aliphatic heterocycles. The fraction of sp³-hybridized carbons (Fsp3) is 0.429. The van der Waals surface area contributed by atoms with Gasteiger partial charge in [0.1, 0.15) is 5.82 Å². The van der Waals surface area contributed by atoms with Crippen LogP contribution < -0.4 is 10.2 Å². The molecule has 0 radical (unpaired) electrons. The van der Waals surface area contributed by atoms with Crippen LogP contribution in [0.1, 0.15) is 35.7 Å². The number of nitrogens with zero attached hydrogens (tertiary/aromatic N) is 4. The highest BCUT2D eigenvalue weighted by Crippen LogP contribution is 2.22. The summed E-state index contributed by atoms with van der Waals surface area (Å²) in [5.41, 5.74) is 5.75. The summed E-state index contributed by atoms with van der Waals surface area (Å²) < 4.78 is 2.01. The van der Waals surface area contributed by atoms with Crippen LogP contribution in [0.2, 0.25) is 0 Å². The van der Waals surface area contributed by atoms with Gasteiger partial charge in [0.05, 0.1) is 17.9 Å². The largest absolute Gasteiger partial charge is 0.371 e. The number of aromatic nitrogens is 4. The molecule has 6 nitrogen and oxygen atoms in total. The molecule has 3 heterocycles. The molecule has 2 aromatic heterocycles. The van der Waals surface area contributed by atoms with Crippen LogP contribution in [0.4, 0.5) is 5.69 Å². The Morgan fingerprint density at radius 1 is 1.07 bits per heavy atom. The third-order valence-corrected chi connectivity index (χ3v) is 5.28. The highest BCUT2D eigenvalue weighted by Gasteiger charge is 2.19. The lowest BCUT2D eigenvalue weighted by Gasteiger charge is -2.34. The normalized spacial score (nSPS) is 15.4. The molecule has 142 valence electrons. The second-order valence-electron chi connectivity index (χ2n) is 7.51. The van der Waals surface area contributed by atoms with Gasteiger partial charge in [0, 0.05) is 42.4 Å². The molecule has 6 heteroatoms. The van der Waals surface area contributed by atoms with Crippen molar-refractivity contribution in [2.24, 2.45) is 0 Å². The Labute approximate surface area is 160 Å². The molecule has 3 aromatic rings. The van der Waals surface area contributed by atoms with Crippen LogP contribution in [-0.4, -0.2) is 38.9 Å². The fourth-order valence-corrected chi connectivity index (χ4v) is 3.83. The number of hydrogen-bond acceptors (Lipinski definition) is 4. The number of imidazole rings is 1. The number of H-pyrrole nitrogens is 1. The van der Waals surface area contributed by atoms with Gasteiger partial charge in [-0.05, 0) is 63.9 Å². The molecule has 0 bridgehead atoms. The molecule has 0 aliphatic carbocycles. The zero-order valence-corrected chi connectivity index (χ0v) is 16.4. The number of nitrogens with one attached hydrogen (secondary N) is 2. The lowest BCUT2D eigenvalue weighted by molar-refractivity contribution is 0.410. The number of rotatable bonds is 5. The second-order valence-corrected chi connectivity index (χ2v) is 7.51. The minimum Gasteiger partial charge on any atom is -0.371 e. The lowest BCUT2D eigenvalue weighted by atomic mass is 10.0. The van der Waals surface area contributed by atoms with Crippen LogP contribution in [0.15, 0.2) is 36.5 Å². The van der Waals surface area contributed by atoms with E-state index >= 15 is 0 Å². The Bertz CT molecular complexity index is 884. The Balaban J connectivity index is 1.32. The molecule has 1 saturated heterocycles. The first-order valence-corrected chi connectivity index (χ1v) is 9.71. The highest BCUT2D eigenvalue weighted by atomic mass is 15.3. The van der Waals surface area contributed by atoms with E-state index in [1.807, 2.05) is 24.7 Å². The Kier molecular flexibility index (Phi) is 4.99. The van der Waals surface area contributed by atoms with E-state index in [1.165, 1.54) is 11.4 Å². The lowest BCUT2D eigenvalue weighted by Crippen LogP contribution is -2.42. The summed E-state index contributed by atoms with van der Waals surface area (Å²) in [5, 5.41) is 8.20. The van der Waals surface area contributed by atoms with E-state index in [1.54, 1.807) is 0 Å². The third-order valence-electron chi connectivity index (χ3n) is 5.28. The van der Waals surface area contributed by atoms with Gasteiger partial charge >= 0.3 is 0 Å². The topological polar surface area (TPSA) is 61.8 Å². The minimum atomic E-state index is 0.556. The predicted octanol–water partition coefficient (Wildman–Crippen LogP) is 3.28. The first-order chi connectivity index (χ1) is 13.1. The average molecular weight is 364 g/mol. The van der Waals surface area contributed by atoms with E-state index < -0.39 is 0 Å². The Morgan fingerprint density at radius 3 is 2.37 bits per heavy atom. The third kappa shape index (κ3) is 4.06. The summed E-state index contributed by atoms with van der Waals surface area (Å²) in [6, 6.07) is 11.4. The molecule has 2 N–H and O–H groups in total. The number of anilines is 1. The molecule has 1 fully saturated rings. The summed E-state index contributed by atoms with van der Waals surface area (Å²) >= 11 is 0. The van der Waals surface area contributed by atoms with Crippen molar-refractivity contribution in [1.82, 2.24) is 25.1 Å². The van der Waals surface area contributed by atoms with E-state index in [0.29, 0.717) is 6.04 Å². The van der Waals surface area contributed by atoms with E-state index in [0.717, 1.165) is 55.4 Å². The van der Waals surface area contributed by atoms with Crippen molar-refractivity contribution in [1.29, 1.82) is 0 Å². The predicted molar refractivity (Wildman–Crippen MR) is 108 cm³/mol. The van der Waals surface area contributed by atoms with Crippen molar-refractivity contribution in [3.8, 4) is 5.69 Å². The maximum Gasteiger partial charge on any atom is 0.120 e. The average Bonchev–Trinajstić information content (AvgIpc) is 3.25. The van der Waals surface area contributed by atoms with Gasteiger partial charge in [-0.3, -0.25) is 0 Å². The Hall–Kier alpha value is -2.60. The molecule has 4 rings (SSSR count). The SMILES string of the molecule is Cc1cc(C)n(-c2ccc(N3CCC(NCc4ncc(C)[nH]4)CC3)cc2)n1. The van der Waals surface area contributed by atoms with Crippen molar-refractivity contribution < 1.29 is 0 Å². The van der Waals surface area contributed by atoms with Crippen molar-refractivity contribution in [2.75, 3.05) is 18.0 Å². The van der Waals surface area contributed by atoms with Gasteiger partial charge < -0.3 is 15.2 Å². The molecular formula is C21H28N6. The van der Waals surface area contributed by atoms with Crippen LogP contribution in [0.5, 0.6) is 0 Å². The zero-order chi connectivity index (χ0) is 18.8. The number of benzene rings is 1. The van der Waals surface area contributed by atoms with Gasteiger partial charge in [-0.2, -0.15) is 5.10 Å². The van der Waals surface area contributed by atoms with Crippen molar-refractivity contribution in [2.45, 2.75) is 46.2 Å². The van der Waals surface area contributed by atoms with E-state index in [4.69, 9.17) is 0 Å². The molecule has 1 aromatic carbocycles. The molecule has 0 unspecified atom stereocenters. The fourth-order valence-electron chi connectivity index (χ4n) is 3.83. The van der Waals surface area contributed by atoms with Gasteiger partial charge in [-0.1, -0.05) is 0 Å². The Morgan fingerprint density at radius 2 is 1.78 bits per heavy atom. The number of aryl methyl sites for hydroxylation is 3. The molecule has 27 heavy (non-hydrogen) atoms. The summed E-state index contributed by atoms with van der Waals surface area (Å²) in [6.07, 6.45) is 4.19. The van der Waals surface area contributed by atoms with Gasteiger partial charge in [-0.15, -0.1) is 0 Å². The maximum atomic E-state index is 4.57. The first kappa shape index (κ1) is 17.8. The zero-order valence-electron chi connectivity index (χ0n) is 16.4. The first-order valence-electron chi connectivity index (χ1n) is 9.71. The van der Waals surface area contributed by atoms with Crippen LogP contribution in [0.3, 0.4) is 0 Å². The minimum absolute atomic E-state index is 0.556. The van der Waals surface area contributed by atoms with Gasteiger partial charge in [0.15, 0.2) is 0 Å². The van der Waals surface area contributed by atoms with Gasteiger partial charge in [0.25, 0.3) is 0 Å². The summed E-state index contributed by atoms with van der Waals surface area (Å²) in [7, 11) is 0. The van der Waals surface area contributed by atoms with Gasteiger partial charge in [0.2, 0.25) is 0 Å². The van der Waals surface area contributed by atoms with E-state index in [9.17, 15) is 0 Å². The number of aromatic amines is 1. The molecule has 0 saturated carbocycles. The quantitative estimate of drug-likeness (QED) is 0.729. The van der Waals surface area contributed by atoms with Crippen LogP contribution in [0, 0.1) is 20.8 Å². The van der Waals surface area contributed by atoms with Gasteiger partial charge in [-0.25, -0.2) is 9.67 Å². The number of piperidine rings is 1. The van der Waals surface area contributed by atoms with E-state index in [2.05, 4.69) is 62.5 Å². The second kappa shape index (κ2) is 7.56. The maximum absolute atomic E-state index is 4.57. The van der Waals surface area contributed by atoms with Crippen molar-refractivity contribution >= 4 is 5.69 Å². The summed E-state index contributed by atoms with van der Waals surface area (Å²) in [6.45, 7) is 9.13. The smallest absolute Gasteiger partial charge is 0.120 e. The molecule has 1 aliphatic rings. The molecule has 0 spiro atoms. The van der Waals surface area contributed by atoms with Crippen LogP contribution in [0.25, 0.3) is 5.69 Å². The van der Waals surface area contributed by atoms with E-state index in [-0.39, 0.29) is 0 Å². The molecule has 0 amide bonds. The van der Waals surface area contributed by atoms with Crippen LogP contribution >= 0.6 is 0 Å². The monoisotopic (exact) mass is 364 g/mol. The highest BCUT2D eigenvalue weighted by molar-refractivity contribution is 5.51. The standard InChI is InChI=1S/C21H28N6/c1-15-12-17(3)27(25-15)20-6-4-19(5-7-20)26-10-8-18(9-11-26)22-14-21-23-13-16(2)24-21/h4-7,12-13,18,22H,8-11,14H2,1-3H3,(H,23,24). The molecular weight excluding hydrogens is 336 g/mol. The summed E-state index contributed by atoms with van der Waals surface area (Å²) in [4.78, 5) is 10.1. The summed E-state index contributed by atoms with van der Waals surface area (Å²) in [5.74, 6) is 1.02. The van der Waals surface area contributed by atoms with Crippen LogP contribution in [-0.2, 0) is 6.54 Å². The number of hydrogen-bond donors (Lipinski definition) is 2.